The van der Waals surface area contributed by atoms with E-state index in [0.29, 0.717) is 6.42 Å². The van der Waals surface area contributed by atoms with Crippen molar-refractivity contribution in [3.63, 3.8) is 0 Å². The highest BCUT2D eigenvalue weighted by Crippen LogP contribution is 2.13. The van der Waals surface area contributed by atoms with Crippen molar-refractivity contribution in [1.29, 1.82) is 0 Å². The van der Waals surface area contributed by atoms with Crippen molar-refractivity contribution >= 4 is 16.0 Å². The number of imidazole rings is 1. The van der Waals surface area contributed by atoms with Crippen LogP contribution in [0.15, 0.2) is 34.0 Å². The summed E-state index contributed by atoms with van der Waals surface area (Å²) in [6.45, 7) is 0.135. The summed E-state index contributed by atoms with van der Waals surface area (Å²) in [5.74, 6) is -1.01. The van der Waals surface area contributed by atoms with E-state index in [9.17, 15) is 13.2 Å². The molecular formula is C11H13N3O5S. The lowest BCUT2D eigenvalue weighted by Crippen LogP contribution is -2.26. The Bertz CT molecular complexity index is 716. The molecule has 0 aromatic carbocycles. The zero-order valence-corrected chi connectivity index (χ0v) is 11.4. The minimum absolute atomic E-state index is 0.135. The molecule has 0 aliphatic heterocycles. The van der Waals surface area contributed by atoms with Gasteiger partial charge in [0, 0.05) is 32.4 Å². The summed E-state index contributed by atoms with van der Waals surface area (Å²) in [6, 6.07) is 2.20. The molecule has 0 bridgehead atoms. The van der Waals surface area contributed by atoms with Gasteiger partial charge < -0.3 is 14.1 Å². The quantitative estimate of drug-likeness (QED) is 0.789. The monoisotopic (exact) mass is 299 g/mol. The average molecular weight is 299 g/mol. The van der Waals surface area contributed by atoms with Gasteiger partial charge in [-0.15, -0.1) is 0 Å². The van der Waals surface area contributed by atoms with E-state index < -0.39 is 26.8 Å². The van der Waals surface area contributed by atoms with Gasteiger partial charge in [-0.1, -0.05) is 0 Å². The van der Waals surface area contributed by atoms with Crippen LogP contribution in [0.4, 0.5) is 0 Å². The number of aromatic nitrogens is 2. The van der Waals surface area contributed by atoms with Gasteiger partial charge in [0.15, 0.2) is 0 Å². The molecule has 0 unspecified atom stereocenters. The molecule has 0 aliphatic carbocycles. The fraction of sp³-hybridized carbons (Fsp3) is 0.273. The first-order valence-electron chi connectivity index (χ1n) is 5.69. The van der Waals surface area contributed by atoms with E-state index >= 15 is 0 Å². The van der Waals surface area contributed by atoms with Crippen molar-refractivity contribution in [2.24, 2.45) is 7.05 Å². The first-order valence-corrected chi connectivity index (χ1v) is 7.17. The minimum Gasteiger partial charge on any atom is -0.475 e. The van der Waals surface area contributed by atoms with Gasteiger partial charge in [0.05, 0.1) is 0 Å². The fourth-order valence-corrected chi connectivity index (χ4v) is 2.54. The maximum Gasteiger partial charge on any atom is 0.371 e. The number of aryl methyl sites for hydroxylation is 1. The highest BCUT2D eigenvalue weighted by molar-refractivity contribution is 7.89. The van der Waals surface area contributed by atoms with Crippen molar-refractivity contribution in [2.75, 3.05) is 6.54 Å². The summed E-state index contributed by atoms with van der Waals surface area (Å²) >= 11 is 0. The maximum absolute atomic E-state index is 11.9. The number of nitrogens with zero attached hydrogens (tertiary/aromatic N) is 2. The smallest absolute Gasteiger partial charge is 0.371 e. The van der Waals surface area contributed by atoms with E-state index in [-0.39, 0.29) is 6.54 Å². The molecule has 20 heavy (non-hydrogen) atoms. The number of carbonyl (C=O) groups is 1. The van der Waals surface area contributed by atoms with Gasteiger partial charge in [-0.2, -0.15) is 0 Å². The molecule has 0 fully saturated rings. The Hall–Kier alpha value is -2.13. The molecule has 0 spiro atoms. The highest BCUT2D eigenvalue weighted by Gasteiger charge is 2.20. The Morgan fingerprint density at radius 2 is 2.25 bits per heavy atom. The van der Waals surface area contributed by atoms with Crippen LogP contribution in [-0.4, -0.2) is 35.6 Å². The van der Waals surface area contributed by atoms with E-state index in [4.69, 9.17) is 9.52 Å². The lowest BCUT2D eigenvalue weighted by atomic mass is 10.4. The van der Waals surface area contributed by atoms with Gasteiger partial charge in [0.25, 0.3) is 10.0 Å². The molecule has 2 rings (SSSR count). The molecule has 108 valence electrons. The van der Waals surface area contributed by atoms with Gasteiger partial charge in [-0.25, -0.2) is 22.9 Å². The van der Waals surface area contributed by atoms with Gasteiger partial charge in [0.1, 0.15) is 5.82 Å². The Kier molecular flexibility index (Phi) is 3.91. The molecule has 0 atom stereocenters. The number of nitrogens with one attached hydrogen (secondary N) is 1. The Morgan fingerprint density at radius 3 is 2.80 bits per heavy atom. The van der Waals surface area contributed by atoms with Crippen molar-refractivity contribution < 1.29 is 22.7 Å². The topological polar surface area (TPSA) is 114 Å². The second-order valence-corrected chi connectivity index (χ2v) is 5.72. The molecule has 2 aromatic rings. The largest absolute Gasteiger partial charge is 0.475 e. The standard InChI is InChI=1S/C11H13N3O5S/c1-14-7-6-12-9(14)4-5-13-20(17,18)10-3-2-8(19-10)11(15)16/h2-3,6-7,13H,4-5H2,1H3,(H,15,16). The van der Waals surface area contributed by atoms with Crippen molar-refractivity contribution in [3.8, 4) is 0 Å². The number of furan rings is 1. The minimum atomic E-state index is -3.86. The molecule has 9 heteroatoms. The third kappa shape index (κ3) is 3.06. The molecule has 0 saturated heterocycles. The summed E-state index contributed by atoms with van der Waals surface area (Å²) in [5, 5.41) is 8.25. The average Bonchev–Trinajstić information content (AvgIpc) is 2.99. The SMILES string of the molecule is Cn1ccnc1CCNS(=O)(=O)c1ccc(C(=O)O)o1. The zero-order valence-electron chi connectivity index (χ0n) is 10.6. The number of carboxylic acids is 1. The number of hydrogen-bond acceptors (Lipinski definition) is 5. The predicted octanol–water partition coefficient (Wildman–Crippen LogP) is 0.232. The summed E-state index contributed by atoms with van der Waals surface area (Å²) < 4.78 is 32.6. The molecule has 2 N–H and O–H groups in total. The van der Waals surface area contributed by atoms with Crippen LogP contribution < -0.4 is 4.72 Å². The first-order chi connectivity index (χ1) is 9.40. The predicted molar refractivity (Wildman–Crippen MR) is 67.8 cm³/mol. The fourth-order valence-electron chi connectivity index (χ4n) is 1.59. The van der Waals surface area contributed by atoms with Crippen LogP contribution in [-0.2, 0) is 23.5 Å². The maximum atomic E-state index is 11.9. The summed E-state index contributed by atoms with van der Waals surface area (Å²) in [7, 11) is -2.05. The number of sulfonamides is 1. The van der Waals surface area contributed by atoms with E-state index in [2.05, 4.69) is 9.71 Å². The van der Waals surface area contributed by atoms with E-state index in [1.807, 2.05) is 7.05 Å². The first kappa shape index (κ1) is 14.3. The van der Waals surface area contributed by atoms with Crippen molar-refractivity contribution in [1.82, 2.24) is 14.3 Å². The van der Waals surface area contributed by atoms with Crippen molar-refractivity contribution in [3.05, 3.63) is 36.1 Å². The van der Waals surface area contributed by atoms with Gasteiger partial charge in [0.2, 0.25) is 10.9 Å². The van der Waals surface area contributed by atoms with E-state index in [1.165, 1.54) is 0 Å². The normalized spacial score (nSPS) is 11.7. The Labute approximate surface area is 115 Å². The third-order valence-corrected chi connectivity index (χ3v) is 3.95. The lowest BCUT2D eigenvalue weighted by molar-refractivity contribution is 0.0656. The molecule has 8 nitrogen and oxygen atoms in total. The third-order valence-electron chi connectivity index (χ3n) is 2.62. The van der Waals surface area contributed by atoms with Crippen LogP contribution in [0.25, 0.3) is 0 Å². The van der Waals surface area contributed by atoms with Gasteiger partial charge >= 0.3 is 5.97 Å². The van der Waals surface area contributed by atoms with Crippen molar-refractivity contribution in [2.45, 2.75) is 11.5 Å². The van der Waals surface area contributed by atoms with Crippen LogP contribution in [0.2, 0.25) is 0 Å². The van der Waals surface area contributed by atoms with Crippen LogP contribution >= 0.6 is 0 Å². The number of hydrogen-bond donors (Lipinski definition) is 2. The second-order valence-electron chi connectivity index (χ2n) is 4.03. The Morgan fingerprint density at radius 1 is 1.50 bits per heavy atom. The van der Waals surface area contributed by atoms with Crippen LogP contribution in [0.1, 0.15) is 16.4 Å². The summed E-state index contributed by atoms with van der Waals surface area (Å²) in [6.07, 6.45) is 3.79. The number of aromatic carboxylic acids is 1. The Balaban J connectivity index is 2.00. The number of rotatable bonds is 6. The van der Waals surface area contributed by atoms with Gasteiger partial charge in [-0.05, 0) is 12.1 Å². The highest BCUT2D eigenvalue weighted by atomic mass is 32.2. The zero-order chi connectivity index (χ0) is 14.8. The number of carboxylic acid groups (broad SMARTS) is 1. The molecule has 0 amide bonds. The van der Waals surface area contributed by atoms with Crippen LogP contribution in [0, 0.1) is 0 Å². The molecule has 2 heterocycles. The van der Waals surface area contributed by atoms with Crippen LogP contribution in [0.3, 0.4) is 0 Å². The summed E-state index contributed by atoms with van der Waals surface area (Å²) in [4.78, 5) is 14.7. The van der Waals surface area contributed by atoms with E-state index in [1.54, 1.807) is 17.0 Å². The van der Waals surface area contributed by atoms with Crippen LogP contribution in [0.5, 0.6) is 0 Å². The molecule has 2 aromatic heterocycles. The summed E-state index contributed by atoms with van der Waals surface area (Å²) in [5.41, 5.74) is 0. The molecular weight excluding hydrogens is 286 g/mol. The second kappa shape index (κ2) is 5.47. The molecule has 0 radical (unpaired) electrons. The molecule has 0 saturated carbocycles. The van der Waals surface area contributed by atoms with E-state index in [0.717, 1.165) is 18.0 Å². The molecule has 0 aliphatic rings. The lowest BCUT2D eigenvalue weighted by Gasteiger charge is -2.04. The van der Waals surface area contributed by atoms with Gasteiger partial charge in [-0.3, -0.25) is 0 Å².